The van der Waals surface area contributed by atoms with Gasteiger partial charge in [-0.05, 0) is 31.5 Å². The molecule has 0 aliphatic carbocycles. The van der Waals surface area contributed by atoms with Crippen LogP contribution in [-0.4, -0.2) is 34.3 Å². The van der Waals surface area contributed by atoms with E-state index in [1.54, 1.807) is 22.8 Å². The van der Waals surface area contributed by atoms with Gasteiger partial charge in [0.1, 0.15) is 11.3 Å². The minimum Gasteiger partial charge on any atom is -0.496 e. The van der Waals surface area contributed by atoms with E-state index < -0.39 is 0 Å². The maximum absolute atomic E-state index is 13.1. The Balaban J connectivity index is 1.54. The molecule has 2 N–H and O–H groups in total. The maximum atomic E-state index is 13.1. The molecule has 148 valence electrons. The second-order valence-corrected chi connectivity index (χ2v) is 6.86. The van der Waals surface area contributed by atoms with Gasteiger partial charge in [-0.15, -0.1) is 0 Å². The molecule has 1 amide bonds. The molecule has 0 bridgehead atoms. The Morgan fingerprint density at radius 1 is 1.17 bits per heavy atom. The van der Waals surface area contributed by atoms with E-state index in [-0.39, 0.29) is 11.5 Å². The van der Waals surface area contributed by atoms with E-state index in [0.717, 1.165) is 16.6 Å². The van der Waals surface area contributed by atoms with Crippen LogP contribution in [0.5, 0.6) is 5.75 Å². The zero-order valence-corrected chi connectivity index (χ0v) is 16.4. The number of hydrogen-bond acceptors (Lipinski definition) is 4. The lowest BCUT2D eigenvalue weighted by Gasteiger charge is -2.12. The fourth-order valence-electron chi connectivity index (χ4n) is 3.63. The van der Waals surface area contributed by atoms with Crippen LogP contribution < -0.4 is 15.6 Å². The van der Waals surface area contributed by atoms with Gasteiger partial charge in [0.15, 0.2) is 0 Å². The molecule has 2 aromatic carbocycles. The Hall–Kier alpha value is -3.61. The molecule has 0 saturated heterocycles. The van der Waals surface area contributed by atoms with Gasteiger partial charge in [0, 0.05) is 24.2 Å². The van der Waals surface area contributed by atoms with Gasteiger partial charge in [0.2, 0.25) is 0 Å². The third-order valence-electron chi connectivity index (χ3n) is 5.05. The number of aryl methyl sites for hydroxylation is 2. The molecule has 2 aromatic heterocycles. The molecule has 4 rings (SSSR count). The summed E-state index contributed by atoms with van der Waals surface area (Å²) in [7, 11) is 1.54. The molecule has 0 spiro atoms. The predicted molar refractivity (Wildman–Crippen MR) is 113 cm³/mol. The quantitative estimate of drug-likeness (QED) is 0.495. The summed E-state index contributed by atoms with van der Waals surface area (Å²) in [5.74, 6) is 0.342. The Bertz CT molecular complexity index is 1260. The van der Waals surface area contributed by atoms with Gasteiger partial charge < -0.3 is 14.6 Å². The number of nitrogens with one attached hydrogen (secondary N) is 2. The molecule has 0 unspecified atom stereocenters. The fraction of sp³-hybridized carbons (Fsp3) is 0.227. The number of aromatic nitrogens is 3. The van der Waals surface area contributed by atoms with Crippen molar-refractivity contribution in [2.24, 2.45) is 0 Å². The molecule has 4 aromatic rings. The molecule has 0 saturated carbocycles. The van der Waals surface area contributed by atoms with E-state index in [2.05, 4.69) is 15.5 Å². The third-order valence-corrected chi connectivity index (χ3v) is 5.05. The first-order valence-corrected chi connectivity index (χ1v) is 9.49. The number of carbonyl (C=O) groups excluding carboxylic acids is 1. The van der Waals surface area contributed by atoms with E-state index in [4.69, 9.17) is 4.74 Å². The number of aromatic amines is 1. The average molecular weight is 390 g/mol. The number of nitrogens with zero attached hydrogens (tertiary/aromatic N) is 2. The number of benzene rings is 2. The smallest absolute Gasteiger partial charge is 0.262 e. The average Bonchev–Trinajstić information content (AvgIpc) is 3.15. The van der Waals surface area contributed by atoms with Gasteiger partial charge in [-0.25, -0.2) is 0 Å². The highest BCUT2D eigenvalue weighted by Crippen LogP contribution is 2.22. The summed E-state index contributed by atoms with van der Waals surface area (Å²) in [4.78, 5) is 25.5. The maximum Gasteiger partial charge on any atom is 0.262 e. The number of methoxy groups -OCH3 is 1. The van der Waals surface area contributed by atoms with Crippen molar-refractivity contribution in [1.29, 1.82) is 0 Å². The van der Waals surface area contributed by atoms with E-state index in [0.29, 0.717) is 41.7 Å². The van der Waals surface area contributed by atoms with Gasteiger partial charge in [0.05, 0.1) is 23.6 Å². The highest BCUT2D eigenvalue weighted by molar-refractivity contribution is 6.03. The van der Waals surface area contributed by atoms with Crippen molar-refractivity contribution < 1.29 is 9.53 Å². The number of carbonyl (C=O) groups is 1. The van der Waals surface area contributed by atoms with Crippen molar-refractivity contribution >= 4 is 27.7 Å². The van der Waals surface area contributed by atoms with Crippen molar-refractivity contribution in [3.05, 3.63) is 70.1 Å². The summed E-state index contributed by atoms with van der Waals surface area (Å²) < 4.78 is 6.99. The Labute approximate surface area is 167 Å². The van der Waals surface area contributed by atoms with Crippen molar-refractivity contribution in [3.8, 4) is 5.75 Å². The molecule has 7 heteroatoms. The summed E-state index contributed by atoms with van der Waals surface area (Å²) in [6.45, 7) is 2.79. The zero-order chi connectivity index (χ0) is 20.4. The fourth-order valence-corrected chi connectivity index (χ4v) is 3.63. The lowest BCUT2D eigenvalue weighted by molar-refractivity contribution is 0.0949. The molecule has 2 heterocycles. The SMILES string of the molecule is COc1ccccc1C(=O)NCCCn1c(=O)c2c(C)[nH]nc2c2ccccc21. The zero-order valence-electron chi connectivity index (χ0n) is 16.4. The second-order valence-electron chi connectivity index (χ2n) is 6.86. The van der Waals surface area contributed by atoms with Crippen LogP contribution in [0, 0.1) is 6.92 Å². The largest absolute Gasteiger partial charge is 0.496 e. The van der Waals surface area contributed by atoms with Crippen LogP contribution in [0.2, 0.25) is 0 Å². The summed E-state index contributed by atoms with van der Waals surface area (Å²) in [6, 6.07) is 14.8. The van der Waals surface area contributed by atoms with Crippen LogP contribution in [-0.2, 0) is 6.54 Å². The Morgan fingerprint density at radius 2 is 1.93 bits per heavy atom. The second kappa shape index (κ2) is 7.79. The van der Waals surface area contributed by atoms with E-state index in [1.165, 1.54) is 7.11 Å². The number of para-hydroxylation sites is 2. The van der Waals surface area contributed by atoms with Gasteiger partial charge in [0.25, 0.3) is 11.5 Å². The number of rotatable bonds is 6. The Morgan fingerprint density at radius 3 is 2.76 bits per heavy atom. The van der Waals surface area contributed by atoms with Gasteiger partial charge in [-0.1, -0.05) is 30.3 Å². The molecule has 29 heavy (non-hydrogen) atoms. The van der Waals surface area contributed by atoms with Crippen LogP contribution in [0.3, 0.4) is 0 Å². The van der Waals surface area contributed by atoms with E-state index >= 15 is 0 Å². The lowest BCUT2D eigenvalue weighted by Crippen LogP contribution is -2.27. The minimum atomic E-state index is -0.194. The number of hydrogen-bond donors (Lipinski definition) is 2. The molecule has 0 aliphatic heterocycles. The van der Waals surface area contributed by atoms with Crippen LogP contribution in [0.15, 0.2) is 53.3 Å². The number of amides is 1. The third kappa shape index (κ3) is 3.35. The van der Waals surface area contributed by atoms with Crippen LogP contribution in [0.4, 0.5) is 0 Å². The molecule has 7 nitrogen and oxygen atoms in total. The summed E-state index contributed by atoms with van der Waals surface area (Å²) in [5.41, 5.74) is 2.72. The molecular weight excluding hydrogens is 368 g/mol. The summed E-state index contributed by atoms with van der Waals surface area (Å²) in [6.07, 6.45) is 0.618. The number of pyridine rings is 1. The highest BCUT2D eigenvalue weighted by atomic mass is 16.5. The standard InChI is InChI=1S/C22H22N4O3/c1-14-19-20(25-24-14)15-8-3-5-10-17(15)26(22(19)28)13-7-12-23-21(27)16-9-4-6-11-18(16)29-2/h3-6,8-11H,7,12-13H2,1-2H3,(H,23,27)(H,24,25). The van der Waals surface area contributed by atoms with Crippen LogP contribution >= 0.6 is 0 Å². The molecular formula is C22H22N4O3. The van der Waals surface area contributed by atoms with Crippen molar-refractivity contribution in [1.82, 2.24) is 20.1 Å². The molecule has 0 fully saturated rings. The monoisotopic (exact) mass is 390 g/mol. The molecule has 0 atom stereocenters. The molecule has 0 radical (unpaired) electrons. The van der Waals surface area contributed by atoms with Crippen LogP contribution in [0.25, 0.3) is 21.8 Å². The Kier molecular flexibility index (Phi) is 5.03. The topological polar surface area (TPSA) is 89.0 Å². The summed E-state index contributed by atoms with van der Waals surface area (Å²) in [5, 5.41) is 11.7. The highest BCUT2D eigenvalue weighted by Gasteiger charge is 2.15. The van der Waals surface area contributed by atoms with Crippen molar-refractivity contribution in [3.63, 3.8) is 0 Å². The predicted octanol–water partition coefficient (Wildman–Crippen LogP) is 3.01. The lowest BCUT2D eigenvalue weighted by atomic mass is 10.1. The van der Waals surface area contributed by atoms with Crippen LogP contribution in [0.1, 0.15) is 22.5 Å². The number of ether oxygens (including phenoxy) is 1. The van der Waals surface area contributed by atoms with Crippen molar-refractivity contribution in [2.75, 3.05) is 13.7 Å². The van der Waals surface area contributed by atoms with Crippen molar-refractivity contribution in [2.45, 2.75) is 19.9 Å². The first kappa shape index (κ1) is 18.7. The summed E-state index contributed by atoms with van der Waals surface area (Å²) >= 11 is 0. The molecule has 0 aliphatic rings. The van der Waals surface area contributed by atoms with E-state index in [9.17, 15) is 9.59 Å². The van der Waals surface area contributed by atoms with Gasteiger partial charge in [-0.3, -0.25) is 14.7 Å². The van der Waals surface area contributed by atoms with Gasteiger partial charge >= 0.3 is 0 Å². The van der Waals surface area contributed by atoms with Gasteiger partial charge in [-0.2, -0.15) is 5.10 Å². The number of H-pyrrole nitrogens is 1. The minimum absolute atomic E-state index is 0.0685. The number of fused-ring (bicyclic) bond motifs is 3. The first-order valence-electron chi connectivity index (χ1n) is 9.49. The van der Waals surface area contributed by atoms with E-state index in [1.807, 2.05) is 37.3 Å². The first-order chi connectivity index (χ1) is 14.1. The normalized spacial score (nSPS) is 11.1.